The predicted octanol–water partition coefficient (Wildman–Crippen LogP) is 3.33. The number of rotatable bonds is 5. The van der Waals surface area contributed by atoms with Crippen molar-refractivity contribution in [2.24, 2.45) is 0 Å². The Hall–Kier alpha value is -1.62. The highest BCUT2D eigenvalue weighted by Crippen LogP contribution is 2.28. The van der Waals surface area contributed by atoms with Crippen molar-refractivity contribution in [3.63, 3.8) is 0 Å². The minimum atomic E-state index is 0.250. The van der Waals surface area contributed by atoms with E-state index in [0.29, 0.717) is 16.5 Å². The van der Waals surface area contributed by atoms with Crippen LogP contribution in [-0.2, 0) is 0 Å². The lowest BCUT2D eigenvalue weighted by atomic mass is 10.1. The summed E-state index contributed by atoms with van der Waals surface area (Å²) in [7, 11) is 0. The zero-order valence-corrected chi connectivity index (χ0v) is 11.9. The number of unbranched alkanes of at least 4 members (excludes halogenated alkanes) is 1. The van der Waals surface area contributed by atoms with Gasteiger partial charge in [0.1, 0.15) is 0 Å². The largest absolute Gasteiger partial charge is 0.398 e. The quantitative estimate of drug-likeness (QED) is 0.852. The third-order valence-corrected chi connectivity index (χ3v) is 3.38. The monoisotopic (exact) mass is 279 g/mol. The molecule has 1 aromatic carbocycles. The maximum atomic E-state index is 5.99. The summed E-state index contributed by atoms with van der Waals surface area (Å²) in [6.45, 7) is 4.28. The number of halogens is 1. The number of nitrogens with zero attached hydrogens (tertiary/aromatic N) is 4. The third kappa shape index (κ3) is 3.04. The molecule has 1 atom stereocenters. The van der Waals surface area contributed by atoms with Crippen molar-refractivity contribution in [2.75, 3.05) is 5.73 Å². The molecule has 0 bridgehead atoms. The molecule has 1 heterocycles. The van der Waals surface area contributed by atoms with E-state index in [4.69, 9.17) is 17.3 Å². The molecule has 0 aliphatic rings. The number of nitrogens with two attached hydrogens (primary N) is 1. The van der Waals surface area contributed by atoms with Crippen molar-refractivity contribution < 1.29 is 0 Å². The average Bonchev–Trinajstić information content (AvgIpc) is 2.85. The summed E-state index contributed by atoms with van der Waals surface area (Å²) < 4.78 is 1.83. The van der Waals surface area contributed by atoms with E-state index in [9.17, 15) is 0 Å². The minimum Gasteiger partial charge on any atom is -0.398 e. The fourth-order valence-corrected chi connectivity index (χ4v) is 2.21. The number of hydrogen-bond donors (Lipinski definition) is 1. The van der Waals surface area contributed by atoms with Gasteiger partial charge in [-0.25, -0.2) is 4.68 Å². The molecular formula is C13H18ClN5. The van der Waals surface area contributed by atoms with E-state index in [0.717, 1.165) is 24.8 Å². The lowest BCUT2D eigenvalue weighted by Gasteiger charge is -2.13. The molecule has 2 rings (SSSR count). The number of hydrogen-bond acceptors (Lipinski definition) is 4. The first-order valence-corrected chi connectivity index (χ1v) is 6.84. The summed E-state index contributed by atoms with van der Waals surface area (Å²) >= 11 is 5.91. The summed E-state index contributed by atoms with van der Waals surface area (Å²) in [6.07, 6.45) is 3.35. The van der Waals surface area contributed by atoms with Crippen molar-refractivity contribution >= 4 is 17.3 Å². The van der Waals surface area contributed by atoms with Crippen LogP contribution in [0.15, 0.2) is 18.2 Å². The zero-order chi connectivity index (χ0) is 13.8. The van der Waals surface area contributed by atoms with Gasteiger partial charge in [-0.05, 0) is 42.0 Å². The van der Waals surface area contributed by atoms with E-state index in [1.807, 2.05) is 10.7 Å². The Labute approximate surface area is 117 Å². The molecule has 0 aliphatic heterocycles. The molecule has 2 aromatic rings. The van der Waals surface area contributed by atoms with Gasteiger partial charge < -0.3 is 5.73 Å². The first kappa shape index (κ1) is 13.8. The molecule has 5 nitrogen and oxygen atoms in total. The fraction of sp³-hybridized carbons (Fsp3) is 0.462. The van der Waals surface area contributed by atoms with Crippen LogP contribution in [0.2, 0.25) is 5.02 Å². The van der Waals surface area contributed by atoms with Gasteiger partial charge in [0, 0.05) is 16.3 Å². The Kier molecular flexibility index (Phi) is 4.37. The van der Waals surface area contributed by atoms with Crippen molar-refractivity contribution in [2.45, 2.75) is 39.2 Å². The van der Waals surface area contributed by atoms with Crippen molar-refractivity contribution in [1.82, 2.24) is 20.2 Å². The second kappa shape index (κ2) is 6.02. The Balaban J connectivity index is 2.33. The normalized spacial score (nSPS) is 12.6. The minimum absolute atomic E-state index is 0.250. The lowest BCUT2D eigenvalue weighted by molar-refractivity contribution is 0.437. The van der Waals surface area contributed by atoms with Crippen molar-refractivity contribution in [3.05, 3.63) is 23.2 Å². The maximum Gasteiger partial charge on any atom is 0.184 e. The zero-order valence-electron chi connectivity index (χ0n) is 11.2. The van der Waals surface area contributed by atoms with Crippen LogP contribution in [0.5, 0.6) is 0 Å². The summed E-state index contributed by atoms with van der Waals surface area (Å²) in [6, 6.07) is 5.61. The highest BCUT2D eigenvalue weighted by molar-refractivity contribution is 6.31. The standard InChI is InChI=1S/C13H18ClN5/c1-3-4-5-9(2)19-13(16-17-18-19)11-7-6-10(14)8-12(11)15/h6-9H,3-5,15H2,1-2H3. The predicted molar refractivity (Wildman–Crippen MR) is 76.9 cm³/mol. The summed E-state index contributed by atoms with van der Waals surface area (Å²) in [5, 5.41) is 12.5. The van der Waals surface area contributed by atoms with E-state index in [1.54, 1.807) is 12.1 Å². The number of tetrazole rings is 1. The highest BCUT2D eigenvalue weighted by Gasteiger charge is 2.16. The Morgan fingerprint density at radius 2 is 2.21 bits per heavy atom. The van der Waals surface area contributed by atoms with Gasteiger partial charge in [-0.3, -0.25) is 0 Å². The molecule has 0 fully saturated rings. The number of aromatic nitrogens is 4. The van der Waals surface area contributed by atoms with Crippen molar-refractivity contribution in [1.29, 1.82) is 0 Å². The second-order valence-corrected chi connectivity index (χ2v) is 5.11. The molecule has 102 valence electrons. The first-order chi connectivity index (χ1) is 9.13. The Morgan fingerprint density at radius 3 is 2.89 bits per heavy atom. The number of benzene rings is 1. The first-order valence-electron chi connectivity index (χ1n) is 6.46. The lowest BCUT2D eigenvalue weighted by Crippen LogP contribution is -2.09. The van der Waals surface area contributed by atoms with Gasteiger partial charge in [0.15, 0.2) is 5.82 Å². The van der Waals surface area contributed by atoms with Crippen LogP contribution in [0.1, 0.15) is 39.2 Å². The molecule has 0 amide bonds. The number of anilines is 1. The van der Waals surface area contributed by atoms with Gasteiger partial charge in [-0.1, -0.05) is 31.4 Å². The number of nitrogen functional groups attached to an aromatic ring is 1. The maximum absolute atomic E-state index is 5.99. The summed E-state index contributed by atoms with van der Waals surface area (Å²) in [5.74, 6) is 0.692. The van der Waals surface area contributed by atoms with Gasteiger partial charge in [-0.2, -0.15) is 0 Å². The third-order valence-electron chi connectivity index (χ3n) is 3.14. The summed E-state index contributed by atoms with van der Waals surface area (Å²) in [4.78, 5) is 0. The molecule has 0 saturated heterocycles. The molecule has 2 N–H and O–H groups in total. The van der Waals surface area contributed by atoms with Crippen LogP contribution in [0.25, 0.3) is 11.4 Å². The molecule has 0 aliphatic carbocycles. The molecule has 0 spiro atoms. The molecule has 6 heteroatoms. The molecule has 19 heavy (non-hydrogen) atoms. The fourth-order valence-electron chi connectivity index (χ4n) is 2.03. The van der Waals surface area contributed by atoms with Gasteiger partial charge in [0.2, 0.25) is 0 Å². The van der Waals surface area contributed by atoms with E-state index < -0.39 is 0 Å². The van der Waals surface area contributed by atoms with E-state index in [1.165, 1.54) is 0 Å². The van der Waals surface area contributed by atoms with Gasteiger partial charge in [0.25, 0.3) is 0 Å². The van der Waals surface area contributed by atoms with E-state index in [-0.39, 0.29) is 6.04 Å². The van der Waals surface area contributed by atoms with Crippen LogP contribution in [-0.4, -0.2) is 20.2 Å². The average molecular weight is 280 g/mol. The van der Waals surface area contributed by atoms with Crippen LogP contribution in [0.3, 0.4) is 0 Å². The topological polar surface area (TPSA) is 69.6 Å². The molecule has 0 radical (unpaired) electrons. The Bertz CT molecular complexity index is 552. The van der Waals surface area contributed by atoms with Gasteiger partial charge in [-0.15, -0.1) is 5.10 Å². The van der Waals surface area contributed by atoms with E-state index >= 15 is 0 Å². The van der Waals surface area contributed by atoms with Crippen LogP contribution < -0.4 is 5.73 Å². The van der Waals surface area contributed by atoms with E-state index in [2.05, 4.69) is 29.4 Å². The molecular weight excluding hydrogens is 262 g/mol. The molecule has 1 aromatic heterocycles. The van der Waals surface area contributed by atoms with Crippen LogP contribution in [0, 0.1) is 0 Å². The van der Waals surface area contributed by atoms with Crippen LogP contribution >= 0.6 is 11.6 Å². The Morgan fingerprint density at radius 1 is 1.42 bits per heavy atom. The summed E-state index contributed by atoms with van der Waals surface area (Å²) in [5.41, 5.74) is 7.39. The molecule has 1 unspecified atom stereocenters. The van der Waals surface area contributed by atoms with Crippen molar-refractivity contribution in [3.8, 4) is 11.4 Å². The van der Waals surface area contributed by atoms with Gasteiger partial charge >= 0.3 is 0 Å². The highest BCUT2D eigenvalue weighted by atomic mass is 35.5. The van der Waals surface area contributed by atoms with Gasteiger partial charge in [0.05, 0.1) is 6.04 Å². The SMILES string of the molecule is CCCCC(C)n1nnnc1-c1ccc(Cl)cc1N. The molecule has 0 saturated carbocycles. The second-order valence-electron chi connectivity index (χ2n) is 4.67. The smallest absolute Gasteiger partial charge is 0.184 e. The van der Waals surface area contributed by atoms with Crippen LogP contribution in [0.4, 0.5) is 5.69 Å².